The van der Waals surface area contributed by atoms with Gasteiger partial charge < -0.3 is 24.3 Å². The first-order valence-electron chi connectivity index (χ1n) is 9.62. The van der Waals surface area contributed by atoms with Crippen molar-refractivity contribution in [1.82, 2.24) is 14.8 Å². The molecular formula is C19H29N3O4. The number of amides is 2. The maximum atomic E-state index is 13.1. The number of aromatic nitrogens is 1. The van der Waals surface area contributed by atoms with Gasteiger partial charge in [-0.15, -0.1) is 0 Å². The van der Waals surface area contributed by atoms with Gasteiger partial charge in [0, 0.05) is 25.5 Å². The Morgan fingerprint density at radius 1 is 1.27 bits per heavy atom. The molecule has 1 atom stereocenters. The molecule has 1 unspecified atom stereocenters. The fourth-order valence-electron chi connectivity index (χ4n) is 3.88. The van der Waals surface area contributed by atoms with Crippen LogP contribution in [0, 0.1) is 0 Å². The highest BCUT2D eigenvalue weighted by atomic mass is 16.7. The highest BCUT2D eigenvalue weighted by Gasteiger charge is 2.39. The summed E-state index contributed by atoms with van der Waals surface area (Å²) in [7, 11) is 0. The van der Waals surface area contributed by atoms with Crippen molar-refractivity contribution in [2.75, 3.05) is 19.8 Å². The minimum Gasteiger partial charge on any atom is -0.351 e. The third-order valence-corrected chi connectivity index (χ3v) is 5.08. The standard InChI is InChI=1S/C19H29N3O4/c1-3-25-17(26-4-2)13-22-16(23)12-21-11-7-10-15(21)18(22)19(24)20-14-8-5-6-9-14/h7,10-11,14,17-18H,3-6,8-9,12-13H2,1-2H3,(H,20,24). The average molecular weight is 363 g/mol. The molecule has 1 aliphatic heterocycles. The van der Waals surface area contributed by atoms with Crippen LogP contribution in [-0.4, -0.2) is 53.4 Å². The number of hydrogen-bond donors (Lipinski definition) is 1. The third-order valence-electron chi connectivity index (χ3n) is 5.08. The monoisotopic (exact) mass is 363 g/mol. The number of nitrogens with one attached hydrogen (secondary N) is 1. The first-order valence-corrected chi connectivity index (χ1v) is 9.62. The lowest BCUT2D eigenvalue weighted by Crippen LogP contribution is -2.53. The van der Waals surface area contributed by atoms with Crippen molar-refractivity contribution in [2.45, 2.75) is 64.4 Å². The molecule has 1 fully saturated rings. The van der Waals surface area contributed by atoms with E-state index in [9.17, 15) is 9.59 Å². The summed E-state index contributed by atoms with van der Waals surface area (Å²) in [5.74, 6) is -0.207. The molecule has 1 saturated carbocycles. The van der Waals surface area contributed by atoms with Crippen LogP contribution in [0.2, 0.25) is 0 Å². The molecule has 3 rings (SSSR count). The van der Waals surface area contributed by atoms with Gasteiger partial charge in [-0.05, 0) is 38.8 Å². The molecule has 26 heavy (non-hydrogen) atoms. The van der Waals surface area contributed by atoms with E-state index in [0.29, 0.717) is 13.2 Å². The van der Waals surface area contributed by atoms with E-state index in [1.54, 1.807) is 4.90 Å². The van der Waals surface area contributed by atoms with E-state index in [2.05, 4.69) is 5.32 Å². The smallest absolute Gasteiger partial charge is 0.249 e. The van der Waals surface area contributed by atoms with Gasteiger partial charge in [0.2, 0.25) is 11.8 Å². The molecule has 7 heteroatoms. The van der Waals surface area contributed by atoms with Crippen LogP contribution in [0.25, 0.3) is 0 Å². The van der Waals surface area contributed by atoms with Crippen LogP contribution in [-0.2, 0) is 25.6 Å². The summed E-state index contributed by atoms with van der Waals surface area (Å²) < 4.78 is 13.1. The van der Waals surface area contributed by atoms with Gasteiger partial charge >= 0.3 is 0 Å². The Hall–Kier alpha value is -1.86. The summed E-state index contributed by atoms with van der Waals surface area (Å²) in [5.41, 5.74) is 0.840. The lowest BCUT2D eigenvalue weighted by molar-refractivity contribution is -0.168. The number of carbonyl (C=O) groups excluding carboxylic acids is 2. The van der Waals surface area contributed by atoms with Crippen molar-refractivity contribution >= 4 is 11.8 Å². The molecule has 2 aliphatic rings. The van der Waals surface area contributed by atoms with Crippen molar-refractivity contribution in [2.24, 2.45) is 0 Å². The second kappa shape index (κ2) is 8.68. The summed E-state index contributed by atoms with van der Waals surface area (Å²) >= 11 is 0. The van der Waals surface area contributed by atoms with Crippen LogP contribution in [0.3, 0.4) is 0 Å². The minimum atomic E-state index is -0.643. The van der Waals surface area contributed by atoms with Gasteiger partial charge in [0.1, 0.15) is 6.54 Å². The number of fused-ring (bicyclic) bond motifs is 1. The van der Waals surface area contributed by atoms with Crippen LogP contribution in [0.1, 0.15) is 51.3 Å². The quantitative estimate of drug-likeness (QED) is 0.715. The molecule has 0 spiro atoms. The summed E-state index contributed by atoms with van der Waals surface area (Å²) in [6.07, 6.45) is 5.62. The molecule has 1 N–H and O–H groups in total. The zero-order valence-electron chi connectivity index (χ0n) is 15.6. The summed E-state index contributed by atoms with van der Waals surface area (Å²) in [4.78, 5) is 27.4. The number of nitrogens with zero attached hydrogens (tertiary/aromatic N) is 2. The lowest BCUT2D eigenvalue weighted by atomic mass is 10.1. The van der Waals surface area contributed by atoms with E-state index in [4.69, 9.17) is 9.47 Å². The lowest BCUT2D eigenvalue weighted by Gasteiger charge is -2.38. The molecule has 1 aromatic rings. The molecule has 7 nitrogen and oxygen atoms in total. The van der Waals surface area contributed by atoms with Crippen LogP contribution < -0.4 is 5.32 Å². The Kier molecular flexibility index (Phi) is 6.32. The van der Waals surface area contributed by atoms with Gasteiger partial charge in [0.15, 0.2) is 12.3 Å². The van der Waals surface area contributed by atoms with E-state index in [-0.39, 0.29) is 30.9 Å². The highest BCUT2D eigenvalue weighted by Crippen LogP contribution is 2.29. The van der Waals surface area contributed by atoms with Crippen molar-refractivity contribution in [3.63, 3.8) is 0 Å². The van der Waals surface area contributed by atoms with Crippen LogP contribution in [0.5, 0.6) is 0 Å². The van der Waals surface area contributed by atoms with E-state index >= 15 is 0 Å². The van der Waals surface area contributed by atoms with E-state index in [0.717, 1.165) is 31.4 Å². The molecule has 0 aromatic carbocycles. The zero-order valence-corrected chi connectivity index (χ0v) is 15.6. The molecular weight excluding hydrogens is 334 g/mol. The second-order valence-electron chi connectivity index (χ2n) is 6.84. The maximum absolute atomic E-state index is 13.1. The maximum Gasteiger partial charge on any atom is 0.249 e. The molecule has 1 aliphatic carbocycles. The Morgan fingerprint density at radius 3 is 2.62 bits per heavy atom. The molecule has 0 bridgehead atoms. The van der Waals surface area contributed by atoms with E-state index in [1.165, 1.54) is 0 Å². The summed E-state index contributed by atoms with van der Waals surface area (Å²) in [5, 5.41) is 3.14. The first kappa shape index (κ1) is 18.9. The van der Waals surface area contributed by atoms with Crippen molar-refractivity contribution < 1.29 is 19.1 Å². The highest BCUT2D eigenvalue weighted by molar-refractivity contribution is 5.90. The van der Waals surface area contributed by atoms with Crippen LogP contribution in [0.15, 0.2) is 18.3 Å². The fourth-order valence-corrected chi connectivity index (χ4v) is 3.88. The van der Waals surface area contributed by atoms with Crippen molar-refractivity contribution in [1.29, 1.82) is 0 Å². The van der Waals surface area contributed by atoms with Crippen molar-refractivity contribution in [3.05, 3.63) is 24.0 Å². The second-order valence-corrected chi connectivity index (χ2v) is 6.84. The number of hydrogen-bond acceptors (Lipinski definition) is 4. The van der Waals surface area contributed by atoms with Gasteiger partial charge in [-0.1, -0.05) is 12.8 Å². The van der Waals surface area contributed by atoms with E-state index < -0.39 is 12.3 Å². The van der Waals surface area contributed by atoms with Gasteiger partial charge in [0.25, 0.3) is 0 Å². The molecule has 0 saturated heterocycles. The predicted octanol–water partition coefficient (Wildman–Crippen LogP) is 1.83. The first-order chi connectivity index (χ1) is 12.6. The molecule has 0 radical (unpaired) electrons. The Bertz CT molecular complexity index is 618. The van der Waals surface area contributed by atoms with Gasteiger partial charge in [-0.25, -0.2) is 0 Å². The average Bonchev–Trinajstić information content (AvgIpc) is 3.27. The predicted molar refractivity (Wildman–Crippen MR) is 96.3 cm³/mol. The minimum absolute atomic E-state index is 0.0929. The fraction of sp³-hybridized carbons (Fsp3) is 0.684. The van der Waals surface area contributed by atoms with Crippen LogP contribution >= 0.6 is 0 Å². The zero-order chi connectivity index (χ0) is 18.5. The molecule has 2 heterocycles. The van der Waals surface area contributed by atoms with Gasteiger partial charge in [-0.2, -0.15) is 0 Å². The summed E-state index contributed by atoms with van der Waals surface area (Å²) in [6.45, 7) is 5.23. The molecule has 144 valence electrons. The van der Waals surface area contributed by atoms with E-state index in [1.807, 2.05) is 36.7 Å². The topological polar surface area (TPSA) is 72.8 Å². The van der Waals surface area contributed by atoms with Crippen LogP contribution in [0.4, 0.5) is 0 Å². The van der Waals surface area contributed by atoms with Gasteiger partial charge in [-0.3, -0.25) is 9.59 Å². The Morgan fingerprint density at radius 2 is 1.96 bits per heavy atom. The number of rotatable bonds is 8. The summed E-state index contributed by atoms with van der Waals surface area (Å²) in [6, 6.07) is 3.36. The van der Waals surface area contributed by atoms with Gasteiger partial charge in [0.05, 0.1) is 12.2 Å². The molecule has 2 amide bonds. The largest absolute Gasteiger partial charge is 0.351 e. The van der Waals surface area contributed by atoms with Crippen molar-refractivity contribution in [3.8, 4) is 0 Å². The Balaban J connectivity index is 1.81. The normalized spacial score (nSPS) is 20.7. The number of carbonyl (C=O) groups is 2. The SMILES string of the molecule is CCOC(CN1C(=O)Cn2cccc2C1C(=O)NC1CCCC1)OCC. The Labute approximate surface area is 154 Å². The third kappa shape index (κ3) is 4.10. The molecule has 1 aromatic heterocycles. The number of ether oxygens (including phenoxy) is 2.